The zero-order valence-electron chi connectivity index (χ0n) is 14.7. The third-order valence-electron chi connectivity index (χ3n) is 6.68. The van der Waals surface area contributed by atoms with Crippen LogP contribution in [0.4, 0.5) is 0 Å². The van der Waals surface area contributed by atoms with Crippen molar-refractivity contribution in [1.82, 2.24) is 0 Å². The molecule has 0 bridgehead atoms. The molecule has 2 rings (SSSR count). The molecule has 0 aliphatic heterocycles. The minimum absolute atomic E-state index is 0.401. The van der Waals surface area contributed by atoms with Crippen molar-refractivity contribution < 1.29 is 5.11 Å². The van der Waals surface area contributed by atoms with Gasteiger partial charge in [-0.05, 0) is 68.6 Å². The minimum Gasteiger partial charge on any atom is -0.386 e. The highest BCUT2D eigenvalue weighted by Crippen LogP contribution is 2.60. The Balaban J connectivity index is 2.24. The average Bonchev–Trinajstić information content (AvgIpc) is 2.36. The van der Waals surface area contributed by atoms with E-state index >= 15 is 0 Å². The molecule has 1 fully saturated rings. The van der Waals surface area contributed by atoms with E-state index in [1.807, 2.05) is 6.92 Å². The third kappa shape index (κ3) is 3.13. The fraction of sp³-hybridized carbons (Fsp3) is 0.800. The van der Waals surface area contributed by atoms with Crippen LogP contribution >= 0.6 is 0 Å². The first-order valence-corrected chi connectivity index (χ1v) is 8.65. The Kier molecular flexibility index (Phi) is 4.46. The Morgan fingerprint density at radius 2 is 2.05 bits per heavy atom. The predicted octanol–water partition coefficient (Wildman–Crippen LogP) is 5.50. The lowest BCUT2D eigenvalue weighted by Crippen LogP contribution is -2.48. The van der Waals surface area contributed by atoms with Gasteiger partial charge in [0.1, 0.15) is 0 Å². The van der Waals surface area contributed by atoms with E-state index in [9.17, 15) is 5.11 Å². The van der Waals surface area contributed by atoms with Crippen LogP contribution in [-0.4, -0.2) is 10.7 Å². The molecule has 120 valence electrons. The quantitative estimate of drug-likeness (QED) is 0.678. The van der Waals surface area contributed by atoms with Crippen LogP contribution in [0, 0.1) is 22.7 Å². The van der Waals surface area contributed by atoms with Crippen LogP contribution in [0.25, 0.3) is 0 Å². The lowest BCUT2D eigenvalue weighted by molar-refractivity contribution is -0.0440. The smallest absolute Gasteiger partial charge is 0.0797 e. The maximum Gasteiger partial charge on any atom is 0.0797 e. The molecule has 1 heteroatoms. The molecule has 0 aromatic carbocycles. The molecule has 0 unspecified atom stereocenters. The highest BCUT2D eigenvalue weighted by Gasteiger charge is 2.51. The van der Waals surface area contributed by atoms with E-state index < -0.39 is 5.60 Å². The zero-order chi connectivity index (χ0) is 15.9. The Bertz CT molecular complexity index is 429. The number of hydrogen-bond donors (Lipinski definition) is 1. The molecule has 1 nitrogen and oxygen atoms in total. The van der Waals surface area contributed by atoms with E-state index in [0.717, 1.165) is 18.8 Å². The van der Waals surface area contributed by atoms with Gasteiger partial charge in [-0.3, -0.25) is 0 Å². The van der Waals surface area contributed by atoms with Crippen LogP contribution in [0.2, 0.25) is 0 Å². The van der Waals surface area contributed by atoms with E-state index in [-0.39, 0.29) is 0 Å². The first-order valence-electron chi connectivity index (χ1n) is 8.65. The minimum atomic E-state index is -0.728. The second kappa shape index (κ2) is 5.57. The van der Waals surface area contributed by atoms with Gasteiger partial charge in [0.25, 0.3) is 0 Å². The van der Waals surface area contributed by atoms with E-state index in [4.69, 9.17) is 0 Å². The molecule has 0 amide bonds. The third-order valence-corrected chi connectivity index (χ3v) is 6.68. The van der Waals surface area contributed by atoms with Gasteiger partial charge < -0.3 is 5.11 Å². The van der Waals surface area contributed by atoms with E-state index in [1.165, 1.54) is 25.7 Å². The monoisotopic (exact) mass is 290 g/mol. The van der Waals surface area contributed by atoms with Gasteiger partial charge >= 0.3 is 0 Å². The summed E-state index contributed by atoms with van der Waals surface area (Å²) in [5.41, 5.74) is 1.67. The summed E-state index contributed by atoms with van der Waals surface area (Å²) >= 11 is 0. The van der Waals surface area contributed by atoms with Gasteiger partial charge in [0.15, 0.2) is 0 Å². The second-order valence-corrected chi connectivity index (χ2v) is 8.74. The molecule has 21 heavy (non-hydrogen) atoms. The van der Waals surface area contributed by atoms with Gasteiger partial charge in [-0.15, -0.1) is 6.58 Å². The molecule has 4 atom stereocenters. The topological polar surface area (TPSA) is 20.2 Å². The van der Waals surface area contributed by atoms with Crippen molar-refractivity contribution in [2.75, 3.05) is 0 Å². The maximum atomic E-state index is 10.3. The van der Waals surface area contributed by atoms with Gasteiger partial charge in [-0.25, -0.2) is 0 Å². The average molecular weight is 290 g/mol. The van der Waals surface area contributed by atoms with E-state index in [2.05, 4.69) is 40.3 Å². The van der Waals surface area contributed by atoms with Crippen LogP contribution < -0.4 is 0 Å². The molecule has 0 radical (unpaired) electrons. The van der Waals surface area contributed by atoms with Crippen LogP contribution in [0.1, 0.15) is 73.1 Å². The summed E-state index contributed by atoms with van der Waals surface area (Å²) < 4.78 is 0. The molecule has 1 N–H and O–H groups in total. The van der Waals surface area contributed by atoms with Crippen molar-refractivity contribution in [2.45, 2.75) is 78.7 Å². The van der Waals surface area contributed by atoms with Gasteiger partial charge in [0, 0.05) is 0 Å². The molecule has 0 aromatic heterocycles. The molecule has 1 saturated carbocycles. The Morgan fingerprint density at radius 3 is 2.67 bits per heavy atom. The highest BCUT2D eigenvalue weighted by molar-refractivity contribution is 5.18. The van der Waals surface area contributed by atoms with Crippen molar-refractivity contribution in [2.24, 2.45) is 22.7 Å². The number of aliphatic hydroxyl groups is 1. The summed E-state index contributed by atoms with van der Waals surface area (Å²) in [6, 6.07) is 0. The predicted molar refractivity (Wildman–Crippen MR) is 91.1 cm³/mol. The summed E-state index contributed by atoms with van der Waals surface area (Å²) in [6.07, 6.45) is 11.3. The van der Waals surface area contributed by atoms with Crippen molar-refractivity contribution in [3.63, 3.8) is 0 Å². The second-order valence-electron chi connectivity index (χ2n) is 8.74. The molecular weight excluding hydrogens is 256 g/mol. The Hall–Kier alpha value is -0.560. The van der Waals surface area contributed by atoms with E-state index in [1.54, 1.807) is 11.6 Å². The molecular formula is C20H34O. The van der Waals surface area contributed by atoms with Gasteiger partial charge in [-0.1, -0.05) is 44.9 Å². The number of allylic oxidation sites excluding steroid dienone is 2. The summed E-state index contributed by atoms with van der Waals surface area (Å²) in [7, 11) is 0. The van der Waals surface area contributed by atoms with E-state index in [0.29, 0.717) is 16.7 Å². The fourth-order valence-electron chi connectivity index (χ4n) is 5.23. The normalized spacial score (nSPS) is 38.1. The fourth-order valence-corrected chi connectivity index (χ4v) is 5.23. The highest BCUT2D eigenvalue weighted by atomic mass is 16.3. The SMILES string of the molecule is C=C[C@@](C)(O)CC[C@H]1C(C)=CC[C@H]2C(C)(C)CCC[C@]12C. The molecule has 2 aliphatic carbocycles. The number of rotatable bonds is 4. The van der Waals surface area contributed by atoms with Crippen molar-refractivity contribution >= 4 is 0 Å². The summed E-state index contributed by atoms with van der Waals surface area (Å²) in [5, 5.41) is 10.3. The maximum absolute atomic E-state index is 10.3. The molecule has 2 aliphatic rings. The zero-order valence-corrected chi connectivity index (χ0v) is 14.7. The van der Waals surface area contributed by atoms with Crippen molar-refractivity contribution in [1.29, 1.82) is 0 Å². The summed E-state index contributed by atoms with van der Waals surface area (Å²) in [6.45, 7) is 15.4. The Labute approximate surface area is 131 Å². The largest absolute Gasteiger partial charge is 0.386 e. The molecule has 0 heterocycles. The molecule has 0 saturated heterocycles. The van der Waals surface area contributed by atoms with Crippen molar-refractivity contribution in [3.05, 3.63) is 24.3 Å². The van der Waals surface area contributed by atoms with Crippen LogP contribution in [0.3, 0.4) is 0 Å². The first kappa shape index (κ1) is 16.8. The first-order chi connectivity index (χ1) is 9.62. The van der Waals surface area contributed by atoms with Crippen molar-refractivity contribution in [3.8, 4) is 0 Å². The Morgan fingerprint density at radius 1 is 1.38 bits per heavy atom. The van der Waals surface area contributed by atoms with Gasteiger partial charge in [-0.2, -0.15) is 0 Å². The molecule has 0 spiro atoms. The molecule has 0 aromatic rings. The number of fused-ring (bicyclic) bond motifs is 1. The number of hydrogen-bond acceptors (Lipinski definition) is 1. The van der Waals surface area contributed by atoms with Gasteiger partial charge in [0.05, 0.1) is 5.60 Å². The van der Waals surface area contributed by atoms with Gasteiger partial charge in [0.2, 0.25) is 0 Å². The summed E-state index contributed by atoms with van der Waals surface area (Å²) in [5.74, 6) is 1.39. The van der Waals surface area contributed by atoms with Crippen LogP contribution in [0.15, 0.2) is 24.3 Å². The van der Waals surface area contributed by atoms with Crippen LogP contribution in [0.5, 0.6) is 0 Å². The standard InChI is InChI=1S/C20H34O/c1-7-19(5,21)14-11-16-15(2)9-10-17-18(3,4)12-8-13-20(16,17)6/h7,9,16-17,21H,1,8,10-14H2,2-6H3/t16-,17-,19+,20+/m0/s1. The summed E-state index contributed by atoms with van der Waals surface area (Å²) in [4.78, 5) is 0. The van der Waals surface area contributed by atoms with Crippen LogP contribution in [-0.2, 0) is 0 Å². The lowest BCUT2D eigenvalue weighted by Gasteiger charge is -2.57. The lowest BCUT2D eigenvalue weighted by atomic mass is 9.48.